The van der Waals surface area contributed by atoms with Gasteiger partial charge in [0.1, 0.15) is 0 Å². The van der Waals surface area contributed by atoms with Crippen molar-refractivity contribution < 1.29 is 0 Å². The first-order chi connectivity index (χ1) is 8.19. The van der Waals surface area contributed by atoms with Gasteiger partial charge in [-0.05, 0) is 36.6 Å². The largest absolute Gasteiger partial charge is 0.271 e. The molecule has 1 aromatic rings. The molecule has 3 N–H and O–H groups in total. The summed E-state index contributed by atoms with van der Waals surface area (Å²) in [7, 11) is 0. The van der Waals surface area contributed by atoms with E-state index in [9.17, 15) is 0 Å². The number of hydrazine groups is 1. The van der Waals surface area contributed by atoms with Gasteiger partial charge in [0.15, 0.2) is 0 Å². The van der Waals surface area contributed by atoms with E-state index < -0.39 is 0 Å². The lowest BCUT2D eigenvalue weighted by molar-refractivity contribution is 0.480. The Bertz CT molecular complexity index is 339. The third-order valence-corrected chi connectivity index (χ3v) is 3.66. The second kappa shape index (κ2) is 7.85. The van der Waals surface area contributed by atoms with Crippen LogP contribution in [0, 0.1) is 6.92 Å². The van der Waals surface area contributed by atoms with Crippen LogP contribution in [0.25, 0.3) is 0 Å². The van der Waals surface area contributed by atoms with Crippen molar-refractivity contribution >= 4 is 15.9 Å². The third kappa shape index (κ3) is 4.78. The number of unbranched alkanes of at least 4 members (excludes halogenated alkanes) is 3. The molecule has 96 valence electrons. The van der Waals surface area contributed by atoms with Gasteiger partial charge in [-0.2, -0.15) is 0 Å². The maximum absolute atomic E-state index is 5.67. The summed E-state index contributed by atoms with van der Waals surface area (Å²) in [5.41, 5.74) is 5.54. The lowest BCUT2D eigenvalue weighted by atomic mass is 9.97. The summed E-state index contributed by atoms with van der Waals surface area (Å²) in [4.78, 5) is 0. The predicted molar refractivity (Wildman–Crippen MR) is 77.7 cm³/mol. The van der Waals surface area contributed by atoms with Crippen molar-refractivity contribution in [2.75, 3.05) is 0 Å². The van der Waals surface area contributed by atoms with Crippen molar-refractivity contribution in [3.63, 3.8) is 0 Å². The molecule has 1 unspecified atom stereocenters. The number of hydrogen-bond donors (Lipinski definition) is 2. The van der Waals surface area contributed by atoms with E-state index in [0.717, 1.165) is 10.9 Å². The molecule has 2 nitrogen and oxygen atoms in total. The van der Waals surface area contributed by atoms with E-state index in [1.807, 2.05) is 0 Å². The zero-order chi connectivity index (χ0) is 12.7. The molecule has 3 heteroatoms. The molecule has 0 aromatic heterocycles. The molecule has 0 heterocycles. The van der Waals surface area contributed by atoms with Gasteiger partial charge in [-0.3, -0.25) is 11.3 Å². The lowest BCUT2D eigenvalue weighted by Crippen LogP contribution is -2.28. The second-order valence-electron chi connectivity index (χ2n) is 4.57. The Hall–Kier alpha value is -0.380. The van der Waals surface area contributed by atoms with Crippen molar-refractivity contribution in [1.29, 1.82) is 0 Å². The fraction of sp³-hybridized carbons (Fsp3) is 0.571. The number of halogens is 1. The molecule has 0 saturated carbocycles. The van der Waals surface area contributed by atoms with Gasteiger partial charge in [0.25, 0.3) is 0 Å². The maximum Gasteiger partial charge on any atom is 0.0463 e. The van der Waals surface area contributed by atoms with Crippen LogP contribution in [-0.2, 0) is 0 Å². The summed E-state index contributed by atoms with van der Waals surface area (Å²) in [6.07, 6.45) is 6.22. The Kier molecular flexibility index (Phi) is 6.78. The van der Waals surface area contributed by atoms with Crippen molar-refractivity contribution in [2.45, 2.75) is 52.0 Å². The third-order valence-electron chi connectivity index (χ3n) is 3.16. The van der Waals surface area contributed by atoms with E-state index in [-0.39, 0.29) is 6.04 Å². The van der Waals surface area contributed by atoms with Crippen molar-refractivity contribution in [1.82, 2.24) is 5.43 Å². The van der Waals surface area contributed by atoms with E-state index in [4.69, 9.17) is 5.84 Å². The zero-order valence-electron chi connectivity index (χ0n) is 10.8. The molecular weight excluding hydrogens is 276 g/mol. The van der Waals surface area contributed by atoms with Gasteiger partial charge in [-0.1, -0.05) is 54.6 Å². The fourth-order valence-corrected chi connectivity index (χ4v) is 2.47. The summed E-state index contributed by atoms with van der Waals surface area (Å²) >= 11 is 3.52. The summed E-state index contributed by atoms with van der Waals surface area (Å²) < 4.78 is 1.12. The number of aryl methyl sites for hydroxylation is 1. The van der Waals surface area contributed by atoms with Gasteiger partial charge < -0.3 is 0 Å². The van der Waals surface area contributed by atoms with Gasteiger partial charge >= 0.3 is 0 Å². The fourth-order valence-electron chi connectivity index (χ4n) is 2.09. The average Bonchev–Trinajstić information content (AvgIpc) is 2.33. The van der Waals surface area contributed by atoms with Gasteiger partial charge in [-0.15, -0.1) is 0 Å². The number of nitrogens with two attached hydrogens (primary N) is 1. The van der Waals surface area contributed by atoms with Gasteiger partial charge in [0.05, 0.1) is 0 Å². The maximum atomic E-state index is 5.67. The van der Waals surface area contributed by atoms with Crippen molar-refractivity contribution in [3.8, 4) is 0 Å². The number of rotatable bonds is 7. The van der Waals surface area contributed by atoms with Crippen LogP contribution in [0.5, 0.6) is 0 Å². The topological polar surface area (TPSA) is 38.0 Å². The normalized spacial score (nSPS) is 12.7. The van der Waals surface area contributed by atoms with Crippen LogP contribution < -0.4 is 11.3 Å². The summed E-state index contributed by atoms with van der Waals surface area (Å²) in [5.74, 6) is 5.67. The zero-order valence-corrected chi connectivity index (χ0v) is 12.4. The molecule has 0 fully saturated rings. The van der Waals surface area contributed by atoms with Crippen LogP contribution in [0.4, 0.5) is 0 Å². The molecular formula is C14H23BrN2. The smallest absolute Gasteiger partial charge is 0.0463 e. The highest BCUT2D eigenvalue weighted by Gasteiger charge is 2.12. The van der Waals surface area contributed by atoms with Crippen molar-refractivity contribution in [2.24, 2.45) is 5.84 Å². The first kappa shape index (κ1) is 14.7. The van der Waals surface area contributed by atoms with Gasteiger partial charge in [0, 0.05) is 10.5 Å². The first-order valence-corrected chi connectivity index (χ1v) is 7.20. The van der Waals surface area contributed by atoms with E-state index in [0.29, 0.717) is 0 Å². The lowest BCUT2D eigenvalue weighted by Gasteiger charge is -2.18. The Labute approximate surface area is 113 Å². The molecule has 0 aliphatic rings. The number of hydrogen-bond acceptors (Lipinski definition) is 2. The molecule has 17 heavy (non-hydrogen) atoms. The summed E-state index contributed by atoms with van der Waals surface area (Å²) in [6.45, 7) is 4.37. The SMILES string of the molecule is CCCCCCC(NN)c1cc(Br)ccc1C. The summed E-state index contributed by atoms with van der Waals surface area (Å²) in [6, 6.07) is 6.64. The molecule has 1 atom stereocenters. The summed E-state index contributed by atoms with van der Waals surface area (Å²) in [5, 5.41) is 0. The van der Waals surface area contributed by atoms with Crippen LogP contribution in [0.1, 0.15) is 56.2 Å². The van der Waals surface area contributed by atoms with Gasteiger partial charge in [-0.25, -0.2) is 0 Å². The molecule has 0 amide bonds. The molecule has 1 aromatic carbocycles. The van der Waals surface area contributed by atoms with Gasteiger partial charge in [0.2, 0.25) is 0 Å². The number of nitrogens with one attached hydrogen (secondary N) is 1. The Morgan fingerprint density at radius 3 is 2.71 bits per heavy atom. The molecule has 0 aliphatic carbocycles. The highest BCUT2D eigenvalue weighted by molar-refractivity contribution is 9.10. The molecule has 1 rings (SSSR count). The Morgan fingerprint density at radius 1 is 1.29 bits per heavy atom. The first-order valence-electron chi connectivity index (χ1n) is 6.41. The minimum atomic E-state index is 0.268. The highest BCUT2D eigenvalue weighted by Crippen LogP contribution is 2.25. The standard InChI is InChI=1S/C14H23BrN2/c1-3-4-5-6-7-14(17-16)13-10-12(15)9-8-11(13)2/h8-10,14,17H,3-7,16H2,1-2H3. The van der Waals surface area contributed by atoms with Crippen molar-refractivity contribution in [3.05, 3.63) is 33.8 Å². The quantitative estimate of drug-likeness (QED) is 0.449. The minimum Gasteiger partial charge on any atom is -0.271 e. The highest BCUT2D eigenvalue weighted by atomic mass is 79.9. The molecule has 0 bridgehead atoms. The minimum absolute atomic E-state index is 0.268. The number of benzene rings is 1. The molecule has 0 spiro atoms. The van der Waals surface area contributed by atoms with E-state index >= 15 is 0 Å². The van der Waals surface area contributed by atoms with E-state index in [1.165, 1.54) is 36.8 Å². The van der Waals surface area contributed by atoms with Crippen LogP contribution in [0.3, 0.4) is 0 Å². The van der Waals surface area contributed by atoms with Crippen LogP contribution in [-0.4, -0.2) is 0 Å². The predicted octanol–water partition coefficient (Wildman–Crippen LogP) is 4.23. The van der Waals surface area contributed by atoms with Crippen LogP contribution in [0.15, 0.2) is 22.7 Å². The van der Waals surface area contributed by atoms with Crippen LogP contribution >= 0.6 is 15.9 Å². The second-order valence-corrected chi connectivity index (χ2v) is 5.49. The Balaban J connectivity index is 2.62. The molecule has 0 saturated heterocycles. The Morgan fingerprint density at radius 2 is 2.06 bits per heavy atom. The molecule has 0 aliphatic heterocycles. The monoisotopic (exact) mass is 298 g/mol. The average molecular weight is 299 g/mol. The van der Waals surface area contributed by atoms with Crippen LogP contribution in [0.2, 0.25) is 0 Å². The van der Waals surface area contributed by atoms with E-state index in [2.05, 4.69) is 53.4 Å². The molecule has 0 radical (unpaired) electrons. The van der Waals surface area contributed by atoms with E-state index in [1.54, 1.807) is 0 Å².